The van der Waals surface area contributed by atoms with E-state index >= 15 is 0 Å². The zero-order valence-electron chi connectivity index (χ0n) is 71.8. The number of para-hydroxylation sites is 1. The van der Waals surface area contributed by atoms with E-state index in [9.17, 15) is 122 Å². The number of aliphatic hydroxyl groups excluding tert-OH is 1. The van der Waals surface area contributed by atoms with Crippen LogP contribution in [0.2, 0.25) is 0 Å². The van der Waals surface area contributed by atoms with Gasteiger partial charge < -0.3 is 133 Å². The molecule has 0 aliphatic rings. The second-order valence-corrected chi connectivity index (χ2v) is 31.7. The molecule has 0 saturated heterocycles. The van der Waals surface area contributed by atoms with E-state index in [0.29, 0.717) is 27.6 Å². The summed E-state index contributed by atoms with van der Waals surface area (Å²) in [5.41, 5.74) is 18.3. The quantitative estimate of drug-likeness (QED) is 0.0112. The maximum absolute atomic E-state index is 14.9. The number of primary amides is 1. The van der Waals surface area contributed by atoms with Crippen molar-refractivity contribution in [2.24, 2.45) is 35.0 Å². The summed E-state index contributed by atoms with van der Waals surface area (Å²) in [7, 11) is 0. The van der Waals surface area contributed by atoms with Gasteiger partial charge in [0.15, 0.2) is 5.96 Å². The number of carbonyl (C=O) groups is 19. The number of aliphatic carboxylic acids is 4. The summed E-state index contributed by atoms with van der Waals surface area (Å²) in [6.07, 6.45) is -4.68. The van der Waals surface area contributed by atoms with Crippen molar-refractivity contribution in [1.82, 2.24) is 84.7 Å². The van der Waals surface area contributed by atoms with Crippen LogP contribution in [0.1, 0.15) is 143 Å². The minimum Gasteiger partial charge on any atom is -0.508 e. The van der Waals surface area contributed by atoms with E-state index in [1.54, 1.807) is 96.1 Å². The SMILES string of the molecule is CC(C)C[C@H](NC(=O)[C@H](CC(=O)O)NC(=O)[C@H](CC(C)C)NC(=O)[C@H](CC(=O)O)NC(=O)[C@H](Cc1ccccc1)NC(=O)[C@H](C)NC(=O)[C@H](C)NC(=O)[C@H](CCC(=O)O)NC(=O)[C@H](Cc1c[nH]c2ccccc12)NC(=O)[C@H](CCCNC(=N)N)NC(=O)[C@H](C)NC(=O)[C@H](CCC(N)=O)NC(=O)[C@@H](NC(=O)[C@@H](N)CO)C(C)C)C(=O)N[C@@H](Cc1ccc(O)cc1)C(=O)O. The summed E-state index contributed by atoms with van der Waals surface area (Å²) in [6, 6.07) is -4.65. The molecule has 15 amide bonds. The predicted molar refractivity (Wildman–Crippen MR) is 453 cm³/mol. The lowest BCUT2D eigenvalue weighted by Gasteiger charge is -2.28. The van der Waals surface area contributed by atoms with Crippen molar-refractivity contribution in [2.75, 3.05) is 13.2 Å². The van der Waals surface area contributed by atoms with E-state index in [1.807, 2.05) is 0 Å². The van der Waals surface area contributed by atoms with E-state index in [1.165, 1.54) is 37.4 Å². The van der Waals surface area contributed by atoms with Crippen LogP contribution in [-0.4, -0.2) is 258 Å². The first-order valence-corrected chi connectivity index (χ1v) is 40.9. The van der Waals surface area contributed by atoms with Gasteiger partial charge in [0.05, 0.1) is 19.4 Å². The Balaban J connectivity index is 1.58. The number of hydrogen-bond donors (Lipinski definition) is 26. The van der Waals surface area contributed by atoms with Crippen molar-refractivity contribution >= 4 is 129 Å². The Morgan fingerprint density at radius 2 is 0.772 bits per heavy atom. The summed E-state index contributed by atoms with van der Waals surface area (Å²) in [5.74, 6) is -24.4. The van der Waals surface area contributed by atoms with Crippen molar-refractivity contribution in [3.05, 3.63) is 102 Å². The van der Waals surface area contributed by atoms with Crippen LogP contribution in [-0.2, 0) is 110 Å². The number of phenolic OH excluding ortho intramolecular Hbond substituents is 1. The number of carbonyl (C=O) groups excluding carboxylic acids is 15. The molecule has 696 valence electrons. The fourth-order valence-electron chi connectivity index (χ4n) is 12.7. The van der Waals surface area contributed by atoms with Gasteiger partial charge in [0.25, 0.3) is 0 Å². The molecular weight excluding hydrogens is 1670 g/mol. The van der Waals surface area contributed by atoms with Gasteiger partial charge in [0.2, 0.25) is 88.6 Å². The maximum Gasteiger partial charge on any atom is 0.326 e. The third-order valence-electron chi connectivity index (χ3n) is 19.6. The van der Waals surface area contributed by atoms with Crippen molar-refractivity contribution in [3.8, 4) is 5.75 Å². The predicted octanol–water partition coefficient (Wildman–Crippen LogP) is -4.76. The first-order valence-electron chi connectivity index (χ1n) is 40.9. The Morgan fingerprint density at radius 3 is 1.24 bits per heavy atom. The number of amides is 15. The molecule has 0 unspecified atom stereocenters. The number of rotatable bonds is 55. The van der Waals surface area contributed by atoms with Crippen LogP contribution in [0.5, 0.6) is 5.75 Å². The van der Waals surface area contributed by atoms with Gasteiger partial charge in [-0.05, 0) is 112 Å². The second-order valence-electron chi connectivity index (χ2n) is 31.7. The third-order valence-corrected chi connectivity index (χ3v) is 19.6. The highest BCUT2D eigenvalue weighted by Crippen LogP contribution is 2.21. The fraction of sp³-hybridized carbons (Fsp3) is 0.512. The summed E-state index contributed by atoms with van der Waals surface area (Å²) in [5, 5.41) is 103. The highest BCUT2D eigenvalue weighted by atomic mass is 16.4. The number of nitrogens with one attached hydrogen (secondary N) is 17. The van der Waals surface area contributed by atoms with Gasteiger partial charge in [-0.3, -0.25) is 91.7 Å². The van der Waals surface area contributed by atoms with Gasteiger partial charge in [-0.15, -0.1) is 0 Å². The van der Waals surface area contributed by atoms with Crippen molar-refractivity contribution in [2.45, 2.75) is 236 Å². The molecule has 29 N–H and O–H groups in total. The number of aromatic nitrogens is 1. The van der Waals surface area contributed by atoms with Crippen LogP contribution in [0.4, 0.5) is 0 Å². The molecule has 0 bridgehead atoms. The summed E-state index contributed by atoms with van der Waals surface area (Å²) < 4.78 is 0. The highest BCUT2D eigenvalue weighted by Gasteiger charge is 2.40. The molecule has 4 aromatic rings. The Hall–Kier alpha value is -13.9. The van der Waals surface area contributed by atoms with Crippen LogP contribution in [0.15, 0.2) is 85.1 Å². The first kappa shape index (κ1) is 105. The van der Waals surface area contributed by atoms with Crippen molar-refractivity contribution in [1.29, 1.82) is 5.41 Å². The number of hydrogen-bond acceptors (Lipinski definition) is 23. The fourth-order valence-corrected chi connectivity index (χ4v) is 12.7. The Labute approximate surface area is 730 Å². The van der Waals surface area contributed by atoms with Gasteiger partial charge in [-0.2, -0.15) is 0 Å². The number of aliphatic hydroxyl groups is 1. The van der Waals surface area contributed by atoms with Crippen LogP contribution in [0, 0.1) is 23.2 Å². The Morgan fingerprint density at radius 1 is 0.394 bits per heavy atom. The molecule has 127 heavy (non-hydrogen) atoms. The van der Waals surface area contributed by atoms with Gasteiger partial charge in [0.1, 0.15) is 96.4 Å². The molecule has 0 radical (unpaired) electrons. The molecule has 1 aromatic heterocycles. The topological polar surface area (TPSA) is 744 Å². The standard InChI is InChI=1S/C82H118N20O25/c1-39(2)30-55(74(119)99-59(35-64(108)109)78(123)97-56(31-40(3)4)75(120)101-61(81(126)127)33-46-21-23-48(104)24-22-46)96-79(124)60(36-65(110)111)100-76(121)57(32-45-16-11-10-12-17-45)95-69(114)43(8)89-67(112)42(7)90-72(117)54(26-28-63(106)107)93-77(122)58(34-47-37-88-51-19-14-13-18-49(47)51)98-73(118)52(20-15-29-87-82(85)86)92-68(113)44(9)91-71(116)53(25-27-62(84)105)94-80(125)66(41(5)6)102-70(115)50(83)38-103/h10-14,16-19,21-24,37,39-44,50,52-61,66,88,103-104H,15,20,25-36,38,83H2,1-9H3,(H2,84,105)(H,89,112)(H,90,117)(H,91,116)(H,92,113)(H,93,122)(H,94,125)(H,95,114)(H,96,124)(H,97,123)(H,98,118)(H,99,119)(H,100,121)(H,101,120)(H,102,115)(H,106,107)(H,108,109)(H,110,111)(H,126,127)(H4,85,86,87)/t42-,43-,44-,50-,52-,53-,54-,55-,56-,57-,58-,59-,60-,61-,66-/m0/s1. The minimum absolute atomic E-state index is 0.00169. The van der Waals surface area contributed by atoms with E-state index in [-0.39, 0.29) is 63.2 Å². The second kappa shape index (κ2) is 52.0. The molecule has 4 rings (SSSR count). The molecule has 45 nitrogen and oxygen atoms in total. The van der Waals surface area contributed by atoms with E-state index in [2.05, 4.69) is 84.7 Å². The molecule has 0 aliphatic carbocycles. The largest absolute Gasteiger partial charge is 0.508 e. The molecule has 45 heteroatoms. The summed E-state index contributed by atoms with van der Waals surface area (Å²) >= 11 is 0. The maximum atomic E-state index is 14.9. The van der Waals surface area contributed by atoms with Crippen molar-refractivity contribution in [3.63, 3.8) is 0 Å². The summed E-state index contributed by atoms with van der Waals surface area (Å²) in [4.78, 5) is 261. The van der Waals surface area contributed by atoms with Gasteiger partial charge in [-0.1, -0.05) is 102 Å². The van der Waals surface area contributed by atoms with Crippen molar-refractivity contribution < 1.29 is 122 Å². The van der Waals surface area contributed by atoms with Gasteiger partial charge in [-0.25, -0.2) is 4.79 Å². The molecule has 0 fully saturated rings. The molecule has 1 heterocycles. The van der Waals surface area contributed by atoms with Crippen LogP contribution in [0.25, 0.3) is 10.9 Å². The Bertz CT molecular complexity index is 4550. The zero-order valence-corrected chi connectivity index (χ0v) is 71.8. The molecular formula is C82H118N20O25. The zero-order chi connectivity index (χ0) is 95.2. The number of aromatic hydroxyl groups is 1. The van der Waals surface area contributed by atoms with E-state index in [0.717, 1.165) is 13.8 Å². The minimum atomic E-state index is -2.05. The number of fused-ring (bicyclic) bond motifs is 1. The number of carboxylic acids is 4. The number of aromatic amines is 1. The van der Waals surface area contributed by atoms with Crippen LogP contribution in [0.3, 0.4) is 0 Å². The average Bonchev–Trinajstić information content (AvgIpc) is 1.71. The first-order chi connectivity index (χ1) is 59.7. The van der Waals surface area contributed by atoms with Gasteiger partial charge in [0, 0.05) is 55.7 Å². The average molecular weight is 1780 g/mol. The summed E-state index contributed by atoms with van der Waals surface area (Å²) in [6.45, 7) is 12.3. The van der Waals surface area contributed by atoms with Crippen LogP contribution >= 0.6 is 0 Å². The lowest BCUT2D eigenvalue weighted by Crippen LogP contribution is -2.61. The van der Waals surface area contributed by atoms with E-state index in [4.69, 9.17) is 22.6 Å². The molecule has 3 aromatic carbocycles. The number of H-pyrrole nitrogens is 1. The lowest BCUT2D eigenvalue weighted by atomic mass is 10.00. The number of guanidine groups is 1. The molecule has 0 aliphatic heterocycles. The normalized spacial score (nSPS) is 14.7. The lowest BCUT2D eigenvalue weighted by molar-refractivity contribution is -0.143. The molecule has 0 spiro atoms. The highest BCUT2D eigenvalue weighted by molar-refractivity contribution is 6.02. The van der Waals surface area contributed by atoms with Gasteiger partial charge >= 0.3 is 23.9 Å². The number of phenols is 1. The van der Waals surface area contributed by atoms with E-state index < -0.39 is 266 Å². The monoisotopic (exact) mass is 1780 g/mol. The third kappa shape index (κ3) is 37.2. The number of nitrogens with two attached hydrogens (primary N) is 3. The van der Waals surface area contributed by atoms with Crippen LogP contribution < -0.4 is 97.0 Å². The molecule has 15 atom stereocenters. The molecule has 0 saturated carbocycles. The number of carboxylic acid groups (broad SMARTS) is 4. The number of benzene rings is 3. The Kier molecular flexibility index (Phi) is 43.2. The smallest absolute Gasteiger partial charge is 0.326 e.